The highest BCUT2D eigenvalue weighted by atomic mass is 16.5. The molecule has 2 fully saturated rings. The number of hydrogen-bond donors (Lipinski definition) is 3. The fourth-order valence-corrected chi connectivity index (χ4v) is 4.10. The zero-order valence-electron chi connectivity index (χ0n) is 18.2. The number of nitrogens with one attached hydrogen (secondary N) is 2. The summed E-state index contributed by atoms with van der Waals surface area (Å²) in [4.78, 5) is 43.9. The van der Waals surface area contributed by atoms with Crippen molar-refractivity contribution in [2.45, 2.75) is 44.5 Å². The first-order valence-electron chi connectivity index (χ1n) is 10.8. The lowest BCUT2D eigenvalue weighted by Gasteiger charge is -2.40. The van der Waals surface area contributed by atoms with E-state index in [-0.39, 0.29) is 24.5 Å². The van der Waals surface area contributed by atoms with Gasteiger partial charge in [0.15, 0.2) is 6.10 Å². The third-order valence-corrected chi connectivity index (χ3v) is 5.62. The average molecular weight is 450 g/mol. The summed E-state index contributed by atoms with van der Waals surface area (Å²) in [6, 6.07) is 11.4. The molecule has 0 bridgehead atoms. The van der Waals surface area contributed by atoms with Gasteiger partial charge in [-0.05, 0) is 42.2 Å². The third kappa shape index (κ3) is 5.20. The number of fused-ring (bicyclic) bond motifs is 1. The van der Waals surface area contributed by atoms with E-state index in [9.17, 15) is 9.59 Å². The van der Waals surface area contributed by atoms with Crippen molar-refractivity contribution in [3.63, 3.8) is 0 Å². The number of amides is 2. The molecule has 33 heavy (non-hydrogen) atoms. The zero-order valence-corrected chi connectivity index (χ0v) is 18.2. The maximum absolute atomic E-state index is 13.1. The number of carbonyl (C=O) groups excluding carboxylic acids is 2. The van der Waals surface area contributed by atoms with E-state index >= 15 is 0 Å². The Morgan fingerprint density at radius 1 is 1.24 bits per heavy atom. The molecule has 1 saturated heterocycles. The van der Waals surface area contributed by atoms with Crippen molar-refractivity contribution in [2.24, 2.45) is 0 Å². The van der Waals surface area contributed by atoms with Gasteiger partial charge in [0, 0.05) is 49.0 Å². The van der Waals surface area contributed by atoms with E-state index in [0.717, 1.165) is 41.8 Å². The van der Waals surface area contributed by atoms with E-state index in [2.05, 4.69) is 15.3 Å². The fourth-order valence-electron chi connectivity index (χ4n) is 4.10. The Hall–Kier alpha value is -3.72. The molecule has 0 unspecified atom stereocenters. The number of aliphatic carboxylic acids is 1. The summed E-state index contributed by atoms with van der Waals surface area (Å²) >= 11 is 0. The molecule has 1 aliphatic heterocycles. The molecule has 0 spiro atoms. The van der Waals surface area contributed by atoms with Gasteiger partial charge < -0.3 is 25.0 Å². The summed E-state index contributed by atoms with van der Waals surface area (Å²) in [5, 5.41) is 11.5. The number of carboxylic acids is 1. The number of aromatic amines is 1. The molecule has 3 heterocycles. The topological polar surface area (TPSA) is 125 Å². The molecule has 5 rings (SSSR count). The summed E-state index contributed by atoms with van der Waals surface area (Å²) in [7, 11) is 0. The van der Waals surface area contributed by atoms with Crippen LogP contribution in [-0.2, 0) is 25.7 Å². The quantitative estimate of drug-likeness (QED) is 0.548. The predicted octanol–water partition coefficient (Wildman–Crippen LogP) is 2.40. The van der Waals surface area contributed by atoms with E-state index in [0.29, 0.717) is 6.54 Å². The van der Waals surface area contributed by atoms with Crippen LogP contribution < -0.4 is 5.32 Å². The highest BCUT2D eigenvalue weighted by Crippen LogP contribution is 2.39. The maximum atomic E-state index is 13.1. The lowest BCUT2D eigenvalue weighted by molar-refractivity contribution is -0.165. The first-order valence-corrected chi connectivity index (χ1v) is 10.8. The van der Waals surface area contributed by atoms with Gasteiger partial charge in [-0.25, -0.2) is 0 Å². The molecule has 3 aromatic rings. The molecular formula is C24H26N4O5. The zero-order chi connectivity index (χ0) is 23.4. The number of carboxylic acid groups (broad SMARTS) is 1. The third-order valence-electron chi connectivity index (χ3n) is 5.62. The summed E-state index contributed by atoms with van der Waals surface area (Å²) in [5.41, 5.74) is 2.88. The van der Waals surface area contributed by atoms with Crippen molar-refractivity contribution in [1.29, 1.82) is 0 Å². The lowest BCUT2D eigenvalue weighted by Crippen LogP contribution is -2.55. The Balaban J connectivity index is 0.000000601. The van der Waals surface area contributed by atoms with E-state index < -0.39 is 18.1 Å². The first-order chi connectivity index (χ1) is 16.0. The summed E-state index contributed by atoms with van der Waals surface area (Å²) in [6.07, 6.45) is 6.45. The van der Waals surface area contributed by atoms with Crippen molar-refractivity contribution in [3.8, 4) is 0 Å². The number of ether oxygens (including phenoxy) is 1. The van der Waals surface area contributed by atoms with Crippen LogP contribution in [0.3, 0.4) is 0 Å². The molecule has 3 N–H and O–H groups in total. The van der Waals surface area contributed by atoms with Gasteiger partial charge in [0.25, 0.3) is 11.9 Å². The molecule has 0 radical (unpaired) electrons. The summed E-state index contributed by atoms with van der Waals surface area (Å²) in [6.45, 7) is 1.41. The van der Waals surface area contributed by atoms with Crippen LogP contribution in [0.25, 0.3) is 10.9 Å². The fraction of sp³-hybridized carbons (Fsp3) is 0.333. The Bertz CT molecular complexity index is 1140. The number of benzene rings is 1. The predicted molar refractivity (Wildman–Crippen MR) is 120 cm³/mol. The van der Waals surface area contributed by atoms with Gasteiger partial charge in [-0.15, -0.1) is 0 Å². The Morgan fingerprint density at radius 3 is 2.73 bits per heavy atom. The summed E-state index contributed by atoms with van der Waals surface area (Å²) < 4.78 is 5.75. The smallest absolute Gasteiger partial charge is 0.300 e. The van der Waals surface area contributed by atoms with Crippen LogP contribution >= 0.6 is 0 Å². The number of rotatable bonds is 5. The SMILES string of the molecule is CC(=O)O.O=C(NCc1cccc2[nH]ccc12)[C@H]1OCC(=O)N(C2CC2)[C@@H]1c1cccnc1. The van der Waals surface area contributed by atoms with Crippen molar-refractivity contribution < 1.29 is 24.2 Å². The largest absolute Gasteiger partial charge is 0.481 e. The van der Waals surface area contributed by atoms with Crippen molar-refractivity contribution in [1.82, 2.24) is 20.2 Å². The molecule has 2 atom stereocenters. The van der Waals surface area contributed by atoms with Crippen LogP contribution in [0.1, 0.15) is 36.9 Å². The van der Waals surface area contributed by atoms with Gasteiger partial charge in [0.1, 0.15) is 6.61 Å². The van der Waals surface area contributed by atoms with Crippen LogP contribution in [0.2, 0.25) is 0 Å². The van der Waals surface area contributed by atoms with Crippen LogP contribution in [0.15, 0.2) is 55.0 Å². The molecule has 1 aromatic carbocycles. The van der Waals surface area contributed by atoms with Gasteiger partial charge >= 0.3 is 0 Å². The number of pyridine rings is 1. The normalized spacial score (nSPS) is 20.2. The number of morpholine rings is 1. The molecule has 2 amide bonds. The Labute approximate surface area is 190 Å². The second-order valence-electron chi connectivity index (χ2n) is 8.09. The molecule has 9 heteroatoms. The average Bonchev–Trinajstić information content (AvgIpc) is 3.52. The molecule has 1 aliphatic carbocycles. The summed E-state index contributed by atoms with van der Waals surface area (Å²) in [5.74, 6) is -1.12. The second kappa shape index (κ2) is 9.83. The highest BCUT2D eigenvalue weighted by Gasteiger charge is 2.47. The Morgan fingerprint density at radius 2 is 2.03 bits per heavy atom. The maximum Gasteiger partial charge on any atom is 0.300 e. The van der Waals surface area contributed by atoms with E-state index in [1.54, 1.807) is 12.4 Å². The van der Waals surface area contributed by atoms with Crippen LogP contribution in [-0.4, -0.2) is 56.5 Å². The molecule has 2 aliphatic rings. The number of nitrogens with zero attached hydrogens (tertiary/aromatic N) is 2. The molecule has 9 nitrogen and oxygen atoms in total. The minimum absolute atomic E-state index is 0.0671. The van der Waals surface area contributed by atoms with Gasteiger partial charge in [-0.2, -0.15) is 0 Å². The molecular weight excluding hydrogens is 424 g/mol. The molecule has 2 aromatic heterocycles. The van der Waals surface area contributed by atoms with Gasteiger partial charge in [-0.3, -0.25) is 19.4 Å². The first kappa shape index (κ1) is 22.5. The van der Waals surface area contributed by atoms with E-state index in [1.807, 2.05) is 47.5 Å². The van der Waals surface area contributed by atoms with Crippen molar-refractivity contribution in [2.75, 3.05) is 6.61 Å². The number of carbonyl (C=O) groups is 3. The minimum Gasteiger partial charge on any atom is -0.481 e. The van der Waals surface area contributed by atoms with Crippen LogP contribution in [0, 0.1) is 0 Å². The molecule has 172 valence electrons. The monoisotopic (exact) mass is 450 g/mol. The van der Waals surface area contributed by atoms with Crippen LogP contribution in [0.5, 0.6) is 0 Å². The van der Waals surface area contributed by atoms with E-state index in [4.69, 9.17) is 14.6 Å². The van der Waals surface area contributed by atoms with Crippen molar-refractivity contribution >= 4 is 28.7 Å². The van der Waals surface area contributed by atoms with Gasteiger partial charge in [0.05, 0.1) is 6.04 Å². The number of H-pyrrole nitrogens is 1. The lowest BCUT2D eigenvalue weighted by atomic mass is 9.98. The highest BCUT2D eigenvalue weighted by molar-refractivity contribution is 5.87. The van der Waals surface area contributed by atoms with Gasteiger partial charge in [-0.1, -0.05) is 18.2 Å². The Kier molecular flexibility index (Phi) is 6.69. The second-order valence-corrected chi connectivity index (χ2v) is 8.09. The van der Waals surface area contributed by atoms with E-state index in [1.165, 1.54) is 0 Å². The molecule has 1 saturated carbocycles. The minimum atomic E-state index is -0.833. The number of aromatic nitrogens is 2. The van der Waals surface area contributed by atoms with Crippen LogP contribution in [0.4, 0.5) is 0 Å². The van der Waals surface area contributed by atoms with Gasteiger partial charge in [0.2, 0.25) is 5.91 Å². The standard InChI is InChI=1S/C22H22N4O3.C2H4O2/c27-19-13-29-21(20(26(19)16-6-7-16)15-4-2-9-23-11-15)22(28)25-12-14-3-1-5-18-17(14)8-10-24-18;1-2(3)4/h1-5,8-11,16,20-21,24H,6-7,12-13H2,(H,25,28);1H3,(H,3,4)/t20-,21+;/m1./s1. The van der Waals surface area contributed by atoms with Crippen molar-refractivity contribution in [3.05, 3.63) is 66.1 Å². The number of hydrogen-bond acceptors (Lipinski definition) is 5.